The molecule has 0 aromatic rings. The molecule has 0 bridgehead atoms. The number of hydrogen-bond acceptors (Lipinski definition) is 0. The van der Waals surface area contributed by atoms with Gasteiger partial charge in [0.2, 0.25) is 0 Å². The molecule has 0 spiro atoms. The van der Waals surface area contributed by atoms with Gasteiger partial charge in [-0.2, -0.15) is 0 Å². The minimum Gasteiger partial charge on any atom is -0.315 e. The van der Waals surface area contributed by atoms with Crippen molar-refractivity contribution in [2.75, 3.05) is 0 Å². The van der Waals surface area contributed by atoms with Crippen molar-refractivity contribution in [3.8, 4) is 0 Å². The number of hydrogen-bond donors (Lipinski definition) is 0. The van der Waals surface area contributed by atoms with Crippen LogP contribution in [-0.2, 0) is 0 Å². The van der Waals surface area contributed by atoms with E-state index in [2.05, 4.69) is 6.92 Å². The molecule has 0 amide bonds. The van der Waals surface area contributed by atoms with Crippen LogP contribution < -0.4 is 0 Å². The van der Waals surface area contributed by atoms with Crippen molar-refractivity contribution in [1.29, 1.82) is 0 Å². The smallest absolute Gasteiger partial charge is 0.294 e. The Labute approximate surface area is 98.0 Å². The normalized spacial score (nSPS) is 10.8. The van der Waals surface area contributed by atoms with Gasteiger partial charge < -0.3 is 4.11 Å². The summed E-state index contributed by atoms with van der Waals surface area (Å²) in [6, 6.07) is 0.803. The van der Waals surface area contributed by atoms with E-state index in [1.165, 1.54) is 64.2 Å². The zero-order valence-corrected chi connectivity index (χ0v) is 11.4. The highest BCUT2D eigenvalue weighted by Gasteiger charge is 1.93. The minimum absolute atomic E-state index is 0.330. The zero-order chi connectivity index (χ0) is 11.2. The van der Waals surface area contributed by atoms with Crippen LogP contribution in [0.15, 0.2) is 0 Å². The second-order valence-electron chi connectivity index (χ2n) is 4.42. The summed E-state index contributed by atoms with van der Waals surface area (Å²) in [4.78, 5) is 0. The van der Waals surface area contributed by atoms with Crippen LogP contribution in [0.3, 0.4) is 0 Å². The van der Waals surface area contributed by atoms with Crippen molar-refractivity contribution in [2.24, 2.45) is 0 Å². The van der Waals surface area contributed by atoms with Crippen LogP contribution in [0.25, 0.3) is 0 Å². The van der Waals surface area contributed by atoms with Crippen molar-refractivity contribution >= 4 is 9.85 Å². The lowest BCUT2D eigenvalue weighted by Gasteiger charge is -2.01. The van der Waals surface area contributed by atoms with Crippen molar-refractivity contribution < 1.29 is 4.11 Å². The maximum atomic E-state index is 11.8. The topological polar surface area (TPSA) is 0 Å². The molecular weight excluding hydrogens is 203 g/mol. The largest absolute Gasteiger partial charge is 0.315 e. The number of unbranched alkanes of at least 4 members (excludes halogenated alkanes) is 10. The molecule has 0 saturated carbocycles. The third-order valence-electron chi connectivity index (χ3n) is 2.87. The molecule has 0 N–H and O–H groups in total. The Morgan fingerprint density at radius 3 is 1.47 bits per heavy atom. The molecule has 15 heavy (non-hydrogen) atoms. The first kappa shape index (κ1) is 15.1. The lowest BCUT2D eigenvalue weighted by Crippen LogP contribution is -1.83. The van der Waals surface area contributed by atoms with Crippen LogP contribution in [-0.4, -0.2) is 9.85 Å². The Hall–Kier alpha value is 0.147. The van der Waals surface area contributed by atoms with E-state index in [9.17, 15) is 4.11 Å². The standard InChI is InChI=1S/C13H27FSi/c1-2-3-4-5-6-7-8-9-10-11-12-13-15-14/h2-13H2,1H3. The highest BCUT2D eigenvalue weighted by molar-refractivity contribution is 6.25. The van der Waals surface area contributed by atoms with Gasteiger partial charge in [-0.3, -0.25) is 0 Å². The lowest BCUT2D eigenvalue weighted by molar-refractivity contribution is 0.553. The molecule has 0 aliphatic heterocycles. The molecule has 0 fully saturated rings. The quantitative estimate of drug-likeness (QED) is 0.242. The van der Waals surface area contributed by atoms with Gasteiger partial charge in [0.1, 0.15) is 0 Å². The third-order valence-corrected chi connectivity index (χ3v) is 3.42. The Kier molecular flexibility index (Phi) is 14.3. The van der Waals surface area contributed by atoms with Gasteiger partial charge in [-0.05, 0) is 6.04 Å². The molecule has 0 heterocycles. The molecule has 0 aliphatic rings. The van der Waals surface area contributed by atoms with Gasteiger partial charge >= 0.3 is 0 Å². The van der Waals surface area contributed by atoms with E-state index in [4.69, 9.17) is 0 Å². The Bertz CT molecular complexity index is 94.7. The SMILES string of the molecule is CCCCCCCCCCCCC[Si]F. The maximum absolute atomic E-state index is 11.8. The summed E-state index contributed by atoms with van der Waals surface area (Å²) in [6.45, 7) is 2.26. The summed E-state index contributed by atoms with van der Waals surface area (Å²) in [7, 11) is -0.330. The molecule has 0 aliphatic carbocycles. The Morgan fingerprint density at radius 1 is 0.667 bits per heavy atom. The average molecular weight is 230 g/mol. The Balaban J connectivity index is 2.81. The van der Waals surface area contributed by atoms with Gasteiger partial charge in [-0.1, -0.05) is 77.6 Å². The van der Waals surface area contributed by atoms with Gasteiger partial charge in [0.05, 0.1) is 0 Å². The van der Waals surface area contributed by atoms with Gasteiger partial charge in [0.15, 0.2) is 0 Å². The van der Waals surface area contributed by atoms with E-state index in [1.807, 2.05) is 0 Å². The Morgan fingerprint density at radius 2 is 1.07 bits per heavy atom. The molecule has 2 radical (unpaired) electrons. The third kappa shape index (κ3) is 14.1. The molecule has 0 atom stereocenters. The summed E-state index contributed by atoms with van der Waals surface area (Å²) < 4.78 is 11.8. The maximum Gasteiger partial charge on any atom is 0.294 e. The average Bonchev–Trinajstić information content (AvgIpc) is 2.26. The molecule has 0 aromatic heterocycles. The van der Waals surface area contributed by atoms with Crippen molar-refractivity contribution in [3.63, 3.8) is 0 Å². The highest BCUT2D eigenvalue weighted by Crippen LogP contribution is 2.11. The van der Waals surface area contributed by atoms with Crippen molar-refractivity contribution in [1.82, 2.24) is 0 Å². The van der Waals surface area contributed by atoms with Gasteiger partial charge in [-0.25, -0.2) is 0 Å². The second kappa shape index (κ2) is 14.1. The molecule has 0 aromatic carbocycles. The first-order chi connectivity index (χ1) is 7.41. The fourth-order valence-corrected chi connectivity index (χ4v) is 2.24. The number of halogens is 1. The molecule has 2 heteroatoms. The zero-order valence-electron chi connectivity index (χ0n) is 10.4. The summed E-state index contributed by atoms with van der Waals surface area (Å²) in [6.07, 6.45) is 14.9. The summed E-state index contributed by atoms with van der Waals surface area (Å²) >= 11 is 0. The van der Waals surface area contributed by atoms with Crippen LogP contribution in [0, 0.1) is 0 Å². The van der Waals surface area contributed by atoms with Gasteiger partial charge in [0, 0.05) is 0 Å². The van der Waals surface area contributed by atoms with Crippen LogP contribution in [0.4, 0.5) is 4.11 Å². The molecular formula is C13H27FSi. The van der Waals surface area contributed by atoms with Gasteiger partial charge in [0.25, 0.3) is 9.85 Å². The van der Waals surface area contributed by atoms with Crippen LogP contribution in [0.1, 0.15) is 77.6 Å². The van der Waals surface area contributed by atoms with E-state index < -0.39 is 0 Å². The first-order valence-corrected chi connectivity index (χ1v) is 7.83. The van der Waals surface area contributed by atoms with E-state index in [0.717, 1.165) is 12.5 Å². The molecule has 0 nitrogen and oxygen atoms in total. The monoisotopic (exact) mass is 230 g/mol. The molecule has 90 valence electrons. The predicted octanol–water partition coefficient (Wildman–Crippen LogP) is 5.30. The minimum atomic E-state index is -0.330. The van der Waals surface area contributed by atoms with Crippen molar-refractivity contribution in [3.05, 3.63) is 0 Å². The number of rotatable bonds is 12. The fraction of sp³-hybridized carbons (Fsp3) is 1.00. The molecule has 0 rings (SSSR count). The van der Waals surface area contributed by atoms with Crippen LogP contribution >= 0.6 is 0 Å². The van der Waals surface area contributed by atoms with E-state index in [0.29, 0.717) is 0 Å². The highest BCUT2D eigenvalue weighted by atomic mass is 28.3. The van der Waals surface area contributed by atoms with E-state index in [1.54, 1.807) is 0 Å². The molecule has 0 unspecified atom stereocenters. The summed E-state index contributed by atoms with van der Waals surface area (Å²) in [5, 5.41) is 0. The molecule has 0 saturated heterocycles. The predicted molar refractivity (Wildman–Crippen MR) is 68.1 cm³/mol. The van der Waals surface area contributed by atoms with Crippen LogP contribution in [0.5, 0.6) is 0 Å². The summed E-state index contributed by atoms with van der Waals surface area (Å²) in [5.74, 6) is 0. The fourth-order valence-electron chi connectivity index (χ4n) is 1.86. The second-order valence-corrected chi connectivity index (χ2v) is 5.19. The van der Waals surface area contributed by atoms with E-state index >= 15 is 0 Å². The van der Waals surface area contributed by atoms with Gasteiger partial charge in [-0.15, -0.1) is 0 Å². The summed E-state index contributed by atoms with van der Waals surface area (Å²) in [5.41, 5.74) is 0. The first-order valence-electron chi connectivity index (χ1n) is 6.75. The van der Waals surface area contributed by atoms with Crippen LogP contribution in [0.2, 0.25) is 6.04 Å². The van der Waals surface area contributed by atoms with E-state index in [-0.39, 0.29) is 9.85 Å². The van der Waals surface area contributed by atoms with Crippen molar-refractivity contribution in [2.45, 2.75) is 83.6 Å². The lowest BCUT2D eigenvalue weighted by atomic mass is 10.1.